The van der Waals surface area contributed by atoms with Crippen LogP contribution in [0.15, 0.2) is 23.1 Å². The quantitative estimate of drug-likeness (QED) is 0.396. The van der Waals surface area contributed by atoms with E-state index in [1.807, 2.05) is 0 Å². The molecule has 0 aromatic heterocycles. The van der Waals surface area contributed by atoms with Crippen LogP contribution in [-0.2, 0) is 13.9 Å². The van der Waals surface area contributed by atoms with Gasteiger partial charge in [-0.2, -0.15) is 12.2 Å². The van der Waals surface area contributed by atoms with Gasteiger partial charge < -0.3 is 1.43 Å². The average Bonchev–Trinajstić information content (AvgIpc) is 2.17. The Bertz CT molecular complexity index is 509. The molecule has 0 aliphatic heterocycles. The summed E-state index contributed by atoms with van der Waals surface area (Å²) in [7, 11) is -4.27. The Morgan fingerprint density at radius 3 is 2.50 bits per heavy atom. The zero-order valence-corrected chi connectivity index (χ0v) is 12.1. The minimum absolute atomic E-state index is 0. The number of nitrogens with zero attached hydrogens (tertiary/aromatic N) is 1. The number of aryl methyl sites for hydroxylation is 1. The number of nitro benzene ring substituents is 1. The summed E-state index contributed by atoms with van der Waals surface area (Å²) in [4.78, 5) is 9.21. The summed E-state index contributed by atoms with van der Waals surface area (Å²) in [6.07, 6.45) is 0. The number of nitro groups is 1. The topological polar surface area (TPSA) is 86.5 Å². The van der Waals surface area contributed by atoms with Crippen LogP contribution in [0.5, 0.6) is 0 Å². The van der Waals surface area contributed by atoms with E-state index in [1.54, 1.807) is 6.92 Å². The fourth-order valence-corrected chi connectivity index (χ4v) is 1.91. The Hall–Kier alpha value is -0.180. The summed E-state index contributed by atoms with van der Waals surface area (Å²) in [5.74, 6) is 0. The van der Waals surface area contributed by atoms with E-state index in [-0.39, 0.29) is 31.0 Å². The van der Waals surface area contributed by atoms with Crippen LogP contribution in [-0.4, -0.2) is 13.3 Å². The Kier molecular flexibility index (Phi) is 5.88. The first-order valence-electron chi connectivity index (χ1n) is 3.69. The van der Waals surface area contributed by atoms with E-state index in [1.165, 1.54) is 6.07 Å². The molecule has 0 spiro atoms. The molecule has 0 unspecified atom stereocenters. The molecule has 6 nitrogen and oxygen atoms in total. The van der Waals surface area contributed by atoms with Crippen LogP contribution in [0, 0.1) is 17.0 Å². The normalized spacial score (nSPS) is 10.6. The molecular formula is C7H7ClNNaO5S. The zero-order chi connectivity index (χ0) is 11.6. The van der Waals surface area contributed by atoms with Gasteiger partial charge in [0.25, 0.3) is 5.69 Å². The molecule has 1 aromatic rings. The standard InChI is InChI=1S/C7H6ClNO5S.Na.H/c1-5-2-3-7(15(12,13)14-8)6(4-5)9(10)11;;/h2-4H,1H3;;/q;+1;-1. The van der Waals surface area contributed by atoms with Crippen LogP contribution in [0.25, 0.3) is 0 Å². The first-order chi connectivity index (χ1) is 6.88. The van der Waals surface area contributed by atoms with Gasteiger partial charge in [-0.05, 0) is 18.6 Å². The summed E-state index contributed by atoms with van der Waals surface area (Å²) >= 11 is 4.73. The summed E-state index contributed by atoms with van der Waals surface area (Å²) < 4.78 is 26.1. The molecule has 0 N–H and O–H groups in total. The molecule has 0 heterocycles. The molecule has 0 atom stereocenters. The number of hydrogen-bond acceptors (Lipinski definition) is 5. The average molecular weight is 276 g/mol. The Labute approximate surface area is 121 Å². The smallest absolute Gasteiger partial charge is 1.00 e. The van der Waals surface area contributed by atoms with E-state index in [0.29, 0.717) is 5.56 Å². The van der Waals surface area contributed by atoms with E-state index in [2.05, 4.69) is 3.74 Å². The predicted octanol–water partition coefficient (Wildman–Crippen LogP) is -1.12. The number of hydrogen-bond donors (Lipinski definition) is 0. The van der Waals surface area contributed by atoms with Crippen LogP contribution in [0.1, 0.15) is 6.99 Å². The van der Waals surface area contributed by atoms with Crippen molar-refractivity contribution in [2.45, 2.75) is 11.8 Å². The van der Waals surface area contributed by atoms with Crippen LogP contribution in [0.2, 0.25) is 0 Å². The molecule has 0 amide bonds. The van der Waals surface area contributed by atoms with Gasteiger partial charge in [0.2, 0.25) is 0 Å². The van der Waals surface area contributed by atoms with Crippen molar-refractivity contribution >= 4 is 27.7 Å². The Morgan fingerprint density at radius 2 is 2.06 bits per heavy atom. The summed E-state index contributed by atoms with van der Waals surface area (Å²) in [5.41, 5.74) is 0.00544. The van der Waals surface area contributed by atoms with Gasteiger partial charge in [-0.3, -0.25) is 10.1 Å². The van der Waals surface area contributed by atoms with Gasteiger partial charge in [-0.1, -0.05) is 6.07 Å². The van der Waals surface area contributed by atoms with Crippen LogP contribution in [0.3, 0.4) is 0 Å². The van der Waals surface area contributed by atoms with Crippen molar-refractivity contribution in [3.63, 3.8) is 0 Å². The van der Waals surface area contributed by atoms with E-state index in [0.717, 1.165) is 12.1 Å². The minimum Gasteiger partial charge on any atom is -1.00 e. The van der Waals surface area contributed by atoms with Crippen molar-refractivity contribution in [1.29, 1.82) is 0 Å². The maximum absolute atomic E-state index is 11.2. The van der Waals surface area contributed by atoms with E-state index in [4.69, 9.17) is 11.9 Å². The monoisotopic (exact) mass is 275 g/mol. The molecule has 0 saturated heterocycles. The third kappa shape index (κ3) is 3.41. The summed E-state index contributed by atoms with van der Waals surface area (Å²) in [6, 6.07) is 3.61. The Morgan fingerprint density at radius 1 is 1.50 bits per heavy atom. The van der Waals surface area contributed by atoms with Crippen molar-refractivity contribution in [2.75, 3.05) is 0 Å². The van der Waals surface area contributed by atoms with E-state index < -0.39 is 25.6 Å². The van der Waals surface area contributed by atoms with Crippen LogP contribution in [0.4, 0.5) is 5.69 Å². The minimum atomic E-state index is -4.27. The summed E-state index contributed by atoms with van der Waals surface area (Å²) in [5, 5.41) is 10.6. The molecule has 1 aromatic carbocycles. The maximum atomic E-state index is 11.2. The van der Waals surface area contributed by atoms with Gasteiger partial charge >= 0.3 is 39.7 Å². The molecule has 84 valence electrons. The van der Waals surface area contributed by atoms with Crippen molar-refractivity contribution in [3.8, 4) is 0 Å². The zero-order valence-electron chi connectivity index (χ0n) is 9.51. The predicted molar refractivity (Wildman–Crippen MR) is 53.1 cm³/mol. The molecule has 0 fully saturated rings. The fraction of sp³-hybridized carbons (Fsp3) is 0.143. The molecule has 9 heteroatoms. The molecular weight excluding hydrogens is 269 g/mol. The molecule has 1 rings (SSSR count). The Balaban J connectivity index is 0. The van der Waals surface area contributed by atoms with Crippen LogP contribution >= 0.6 is 11.9 Å². The van der Waals surface area contributed by atoms with Crippen LogP contribution < -0.4 is 29.6 Å². The summed E-state index contributed by atoms with van der Waals surface area (Å²) in [6.45, 7) is 1.60. The number of halogens is 1. The number of rotatable bonds is 3. The molecule has 0 saturated carbocycles. The second-order valence-electron chi connectivity index (χ2n) is 2.75. The van der Waals surface area contributed by atoms with Gasteiger partial charge in [0.15, 0.2) is 4.90 Å². The van der Waals surface area contributed by atoms with E-state index in [9.17, 15) is 18.5 Å². The second kappa shape index (κ2) is 5.95. The molecule has 16 heavy (non-hydrogen) atoms. The van der Waals surface area contributed by atoms with E-state index >= 15 is 0 Å². The molecule has 0 aliphatic rings. The fourth-order valence-electron chi connectivity index (χ4n) is 1.02. The van der Waals surface area contributed by atoms with Gasteiger partial charge in [0.05, 0.1) is 16.8 Å². The van der Waals surface area contributed by atoms with Crippen molar-refractivity contribution in [1.82, 2.24) is 0 Å². The third-order valence-corrected chi connectivity index (χ3v) is 3.21. The van der Waals surface area contributed by atoms with Gasteiger partial charge in [-0.25, -0.2) is 0 Å². The first-order valence-corrected chi connectivity index (χ1v) is 5.40. The maximum Gasteiger partial charge on any atom is 1.00 e. The van der Waals surface area contributed by atoms with Gasteiger partial charge in [-0.15, -0.1) is 0 Å². The SMILES string of the molecule is Cc1ccc(S(=O)(=O)OCl)c([N+](=O)[O-])c1.[H-].[Na+]. The van der Waals surface area contributed by atoms with Crippen molar-refractivity contribution in [2.24, 2.45) is 0 Å². The third-order valence-electron chi connectivity index (χ3n) is 1.66. The van der Waals surface area contributed by atoms with Crippen molar-refractivity contribution < 1.29 is 48.1 Å². The van der Waals surface area contributed by atoms with Crippen molar-refractivity contribution in [3.05, 3.63) is 33.9 Å². The number of benzene rings is 1. The first kappa shape index (κ1) is 15.8. The van der Waals surface area contributed by atoms with Gasteiger partial charge in [0, 0.05) is 6.07 Å². The largest absolute Gasteiger partial charge is 1.00 e. The second-order valence-corrected chi connectivity index (χ2v) is 4.60. The van der Waals surface area contributed by atoms with Gasteiger partial charge in [0.1, 0.15) is 0 Å². The molecule has 0 radical (unpaired) electrons. The molecule has 0 bridgehead atoms. The molecule has 0 aliphatic carbocycles.